The van der Waals surface area contributed by atoms with Crippen LogP contribution >= 0.6 is 0 Å². The molecule has 1 aliphatic heterocycles. The fourth-order valence-electron chi connectivity index (χ4n) is 2.73. The first-order chi connectivity index (χ1) is 13.5. The van der Waals surface area contributed by atoms with E-state index in [1.54, 1.807) is 11.0 Å². The molecule has 0 amide bonds. The van der Waals surface area contributed by atoms with E-state index in [4.69, 9.17) is 4.74 Å². The van der Waals surface area contributed by atoms with Gasteiger partial charge in [-0.1, -0.05) is 0 Å². The fraction of sp³-hybridized carbons (Fsp3) is 0.353. The Labute approximate surface area is 160 Å². The zero-order chi connectivity index (χ0) is 20.1. The SMILES string of the molecule is CN(C)c1ccc([N+](=O)[O-])cc1/C=N\Nc1ncc(F)c(N2CCOCC2)n1. The highest BCUT2D eigenvalue weighted by atomic mass is 19.1. The lowest BCUT2D eigenvalue weighted by Gasteiger charge is -2.27. The van der Waals surface area contributed by atoms with Gasteiger partial charge in [-0.25, -0.2) is 14.8 Å². The van der Waals surface area contributed by atoms with Crippen molar-refractivity contribution in [1.29, 1.82) is 0 Å². The van der Waals surface area contributed by atoms with Crippen LogP contribution in [0.1, 0.15) is 5.56 Å². The van der Waals surface area contributed by atoms with Crippen LogP contribution in [0.3, 0.4) is 0 Å². The number of morpholine rings is 1. The van der Waals surface area contributed by atoms with Gasteiger partial charge in [0.25, 0.3) is 5.69 Å². The van der Waals surface area contributed by atoms with Crippen LogP contribution in [0.4, 0.5) is 27.5 Å². The predicted molar refractivity (Wildman–Crippen MR) is 104 cm³/mol. The monoisotopic (exact) mass is 389 g/mol. The van der Waals surface area contributed by atoms with E-state index >= 15 is 0 Å². The minimum absolute atomic E-state index is 0.0420. The van der Waals surface area contributed by atoms with Crippen LogP contribution in [0.15, 0.2) is 29.5 Å². The maximum absolute atomic E-state index is 14.1. The molecule has 1 fully saturated rings. The molecule has 28 heavy (non-hydrogen) atoms. The highest BCUT2D eigenvalue weighted by Crippen LogP contribution is 2.23. The quantitative estimate of drug-likeness (QED) is 0.453. The maximum Gasteiger partial charge on any atom is 0.270 e. The minimum Gasteiger partial charge on any atom is -0.378 e. The number of hydrogen-bond donors (Lipinski definition) is 1. The largest absolute Gasteiger partial charge is 0.378 e. The van der Waals surface area contributed by atoms with E-state index in [1.165, 1.54) is 18.3 Å². The third kappa shape index (κ3) is 4.49. The number of benzene rings is 1. The molecule has 0 saturated carbocycles. The lowest BCUT2D eigenvalue weighted by atomic mass is 10.1. The highest BCUT2D eigenvalue weighted by molar-refractivity contribution is 5.89. The van der Waals surface area contributed by atoms with Crippen molar-refractivity contribution in [2.24, 2.45) is 5.10 Å². The number of anilines is 3. The lowest BCUT2D eigenvalue weighted by Crippen LogP contribution is -2.37. The molecule has 1 aliphatic rings. The van der Waals surface area contributed by atoms with E-state index in [-0.39, 0.29) is 17.5 Å². The number of aromatic nitrogens is 2. The van der Waals surface area contributed by atoms with Gasteiger partial charge in [-0.05, 0) is 6.07 Å². The number of hydrazone groups is 1. The van der Waals surface area contributed by atoms with Crippen LogP contribution < -0.4 is 15.2 Å². The molecule has 0 atom stereocenters. The Morgan fingerprint density at radius 2 is 2.14 bits per heavy atom. The second-order valence-corrected chi connectivity index (χ2v) is 6.23. The number of nitro benzene ring substituents is 1. The summed E-state index contributed by atoms with van der Waals surface area (Å²) in [6.45, 7) is 2.09. The summed E-state index contributed by atoms with van der Waals surface area (Å²) in [6.07, 6.45) is 2.51. The normalized spacial score (nSPS) is 14.3. The number of hydrogen-bond acceptors (Lipinski definition) is 9. The molecule has 1 aromatic carbocycles. The maximum atomic E-state index is 14.1. The first kappa shape index (κ1) is 19.4. The van der Waals surface area contributed by atoms with E-state index in [0.29, 0.717) is 31.9 Å². The van der Waals surface area contributed by atoms with Gasteiger partial charge in [0.05, 0.1) is 30.5 Å². The molecule has 2 aromatic rings. The Hall–Kier alpha value is -3.34. The molecule has 148 valence electrons. The van der Waals surface area contributed by atoms with Crippen LogP contribution in [0.2, 0.25) is 0 Å². The zero-order valence-electron chi connectivity index (χ0n) is 15.5. The average Bonchev–Trinajstić information content (AvgIpc) is 2.69. The Morgan fingerprint density at radius 1 is 1.39 bits per heavy atom. The van der Waals surface area contributed by atoms with E-state index in [2.05, 4.69) is 20.5 Å². The Bertz CT molecular complexity index is 885. The number of rotatable bonds is 6. The number of halogens is 1. The van der Waals surface area contributed by atoms with Crippen molar-refractivity contribution in [2.45, 2.75) is 0 Å². The number of ether oxygens (including phenoxy) is 1. The van der Waals surface area contributed by atoms with Crippen molar-refractivity contribution in [1.82, 2.24) is 9.97 Å². The summed E-state index contributed by atoms with van der Waals surface area (Å²) < 4.78 is 19.3. The van der Waals surface area contributed by atoms with E-state index in [9.17, 15) is 14.5 Å². The molecule has 0 unspecified atom stereocenters. The van der Waals surface area contributed by atoms with E-state index in [1.807, 2.05) is 19.0 Å². The van der Waals surface area contributed by atoms with Crippen LogP contribution in [0.25, 0.3) is 0 Å². The second kappa shape index (κ2) is 8.57. The van der Waals surface area contributed by atoms with Gasteiger partial charge in [-0.15, -0.1) is 0 Å². The minimum atomic E-state index is -0.523. The Balaban J connectivity index is 1.79. The standard InChI is InChI=1S/C17H20FN7O3/c1-23(2)15-4-3-13(25(26)27)9-12(15)10-20-22-17-19-11-14(18)16(21-17)24-5-7-28-8-6-24/h3-4,9-11H,5-8H2,1-2H3,(H,19,21,22)/b20-10-. The summed E-state index contributed by atoms with van der Waals surface area (Å²) in [7, 11) is 3.65. The molecule has 1 N–H and O–H groups in total. The topological polar surface area (TPSA) is 109 Å². The summed E-state index contributed by atoms with van der Waals surface area (Å²) in [5.74, 6) is -0.221. The Morgan fingerprint density at radius 3 is 2.82 bits per heavy atom. The molecule has 3 rings (SSSR count). The van der Waals surface area contributed by atoms with Crippen LogP contribution in [-0.4, -0.2) is 61.5 Å². The summed E-state index contributed by atoms with van der Waals surface area (Å²) in [6, 6.07) is 4.49. The highest BCUT2D eigenvalue weighted by Gasteiger charge is 2.17. The smallest absolute Gasteiger partial charge is 0.270 e. The van der Waals surface area contributed by atoms with E-state index in [0.717, 1.165) is 11.9 Å². The van der Waals surface area contributed by atoms with Gasteiger partial charge in [0.1, 0.15) is 0 Å². The first-order valence-corrected chi connectivity index (χ1v) is 8.56. The van der Waals surface area contributed by atoms with Crippen molar-refractivity contribution < 1.29 is 14.1 Å². The van der Waals surface area contributed by atoms with Gasteiger partial charge < -0.3 is 14.5 Å². The Kier molecular flexibility index (Phi) is 5.94. The second-order valence-electron chi connectivity index (χ2n) is 6.23. The van der Waals surface area contributed by atoms with Gasteiger partial charge in [-0.2, -0.15) is 10.1 Å². The first-order valence-electron chi connectivity index (χ1n) is 8.56. The fourth-order valence-corrected chi connectivity index (χ4v) is 2.73. The van der Waals surface area contributed by atoms with Crippen LogP contribution in [-0.2, 0) is 4.74 Å². The summed E-state index contributed by atoms with van der Waals surface area (Å²) >= 11 is 0. The number of nitrogens with one attached hydrogen (secondary N) is 1. The van der Waals surface area contributed by atoms with E-state index < -0.39 is 10.7 Å². The number of non-ortho nitro benzene ring substituents is 1. The molecule has 0 bridgehead atoms. The molecule has 0 radical (unpaired) electrons. The lowest BCUT2D eigenvalue weighted by molar-refractivity contribution is -0.384. The third-order valence-corrected chi connectivity index (χ3v) is 4.11. The number of nitro groups is 1. The van der Waals surface area contributed by atoms with Crippen LogP contribution in [0.5, 0.6) is 0 Å². The van der Waals surface area contributed by atoms with Gasteiger partial charge in [0.15, 0.2) is 11.6 Å². The molecular formula is C17H20FN7O3. The molecule has 2 heterocycles. The predicted octanol–water partition coefficient (Wildman–Crippen LogP) is 1.87. The molecule has 0 aliphatic carbocycles. The third-order valence-electron chi connectivity index (χ3n) is 4.11. The summed E-state index contributed by atoms with van der Waals surface area (Å²) in [5.41, 5.74) is 3.91. The van der Waals surface area contributed by atoms with Crippen molar-refractivity contribution in [2.75, 3.05) is 55.6 Å². The van der Waals surface area contributed by atoms with Crippen molar-refractivity contribution >= 4 is 29.4 Å². The molecule has 1 aromatic heterocycles. The number of nitrogens with zero attached hydrogens (tertiary/aromatic N) is 6. The van der Waals surface area contributed by atoms with Gasteiger partial charge in [0, 0.05) is 50.6 Å². The van der Waals surface area contributed by atoms with Gasteiger partial charge >= 0.3 is 0 Å². The average molecular weight is 389 g/mol. The summed E-state index contributed by atoms with van der Waals surface area (Å²) in [5, 5.41) is 15.1. The zero-order valence-corrected chi connectivity index (χ0v) is 15.5. The summed E-state index contributed by atoms with van der Waals surface area (Å²) in [4.78, 5) is 22.2. The van der Waals surface area contributed by atoms with Gasteiger partial charge in [-0.3, -0.25) is 10.1 Å². The molecule has 10 nitrogen and oxygen atoms in total. The molecule has 11 heteroatoms. The van der Waals surface area contributed by atoms with Crippen molar-refractivity contribution in [3.63, 3.8) is 0 Å². The van der Waals surface area contributed by atoms with Gasteiger partial charge in [0.2, 0.25) is 5.95 Å². The molecular weight excluding hydrogens is 369 g/mol. The van der Waals surface area contributed by atoms with Crippen molar-refractivity contribution in [3.05, 3.63) is 45.9 Å². The van der Waals surface area contributed by atoms with Crippen LogP contribution in [0, 0.1) is 15.9 Å². The molecule has 0 spiro atoms. The molecule has 1 saturated heterocycles. The van der Waals surface area contributed by atoms with Crippen molar-refractivity contribution in [3.8, 4) is 0 Å².